The Kier molecular flexibility index (Phi) is 6.10. The molecule has 0 saturated heterocycles. The Labute approximate surface area is 132 Å². The summed E-state index contributed by atoms with van der Waals surface area (Å²) in [5.41, 5.74) is 0.798. The number of thiophene rings is 1. The summed E-state index contributed by atoms with van der Waals surface area (Å²) in [6.07, 6.45) is 1.30. The molecular weight excluding hydrogens is 304 g/mol. The average Bonchev–Trinajstić information content (AvgIpc) is 3.04. The molecule has 112 valence electrons. The van der Waals surface area contributed by atoms with Crippen LogP contribution in [0.4, 0.5) is 4.79 Å². The molecule has 0 fully saturated rings. The topological polar surface area (TPSA) is 61.4 Å². The monoisotopic (exact) mass is 322 g/mol. The normalized spacial score (nSPS) is 11.9. The van der Waals surface area contributed by atoms with E-state index in [4.69, 9.17) is 0 Å². The summed E-state index contributed by atoms with van der Waals surface area (Å²) in [4.78, 5) is 13.9. The molecule has 0 aliphatic rings. The summed E-state index contributed by atoms with van der Waals surface area (Å²) in [5.74, 6) is 0. The van der Waals surface area contributed by atoms with Gasteiger partial charge in [0.05, 0.1) is 12.6 Å². The minimum Gasteiger partial charge on any atom is -0.387 e. The Balaban J connectivity index is 1.74. The molecule has 0 aliphatic carbocycles. The van der Waals surface area contributed by atoms with E-state index in [1.165, 1.54) is 0 Å². The Hall–Kier alpha value is -1.50. The highest BCUT2D eigenvalue weighted by molar-refractivity contribution is 7.98. The van der Waals surface area contributed by atoms with Gasteiger partial charge in [-0.2, -0.15) is 0 Å². The average molecular weight is 322 g/mol. The lowest BCUT2D eigenvalue weighted by Gasteiger charge is -2.13. The summed E-state index contributed by atoms with van der Waals surface area (Å²) in [6.45, 7) is 0.691. The predicted molar refractivity (Wildman–Crippen MR) is 87.7 cm³/mol. The fourth-order valence-electron chi connectivity index (χ4n) is 1.78. The number of carbonyl (C=O) groups excluding carboxylic acids is 1. The summed E-state index contributed by atoms with van der Waals surface area (Å²) >= 11 is 3.25. The van der Waals surface area contributed by atoms with Gasteiger partial charge in [-0.25, -0.2) is 4.79 Å². The number of urea groups is 1. The van der Waals surface area contributed by atoms with Crippen LogP contribution in [0.15, 0.2) is 46.7 Å². The molecule has 0 bridgehead atoms. The van der Waals surface area contributed by atoms with E-state index in [2.05, 4.69) is 10.6 Å². The van der Waals surface area contributed by atoms with Crippen LogP contribution in [0.2, 0.25) is 0 Å². The number of amides is 2. The van der Waals surface area contributed by atoms with Crippen molar-refractivity contribution in [1.29, 1.82) is 0 Å². The number of rotatable bonds is 6. The second-order valence-corrected chi connectivity index (χ2v) is 6.34. The van der Waals surface area contributed by atoms with Gasteiger partial charge in [0.1, 0.15) is 0 Å². The molecule has 2 rings (SSSR count). The van der Waals surface area contributed by atoms with Crippen LogP contribution in [-0.4, -0.2) is 23.9 Å². The Morgan fingerprint density at radius 2 is 2.05 bits per heavy atom. The summed E-state index contributed by atoms with van der Waals surface area (Å²) in [5, 5.41) is 17.4. The number of aliphatic hydroxyl groups excluding tert-OH is 1. The molecule has 0 radical (unpaired) electrons. The van der Waals surface area contributed by atoms with Crippen LogP contribution in [0, 0.1) is 0 Å². The molecule has 2 amide bonds. The van der Waals surface area contributed by atoms with Crippen molar-refractivity contribution in [1.82, 2.24) is 10.6 Å². The lowest BCUT2D eigenvalue weighted by molar-refractivity contribution is 0.173. The van der Waals surface area contributed by atoms with E-state index in [9.17, 15) is 9.90 Å². The minimum atomic E-state index is -0.701. The predicted octanol–water partition coefficient (Wildman–Crippen LogP) is 3.00. The van der Waals surface area contributed by atoms with Crippen molar-refractivity contribution in [2.45, 2.75) is 17.5 Å². The molecule has 1 aromatic heterocycles. The van der Waals surface area contributed by atoms with E-state index in [1.54, 1.807) is 23.1 Å². The van der Waals surface area contributed by atoms with Gasteiger partial charge in [0.2, 0.25) is 0 Å². The van der Waals surface area contributed by atoms with E-state index in [0.29, 0.717) is 6.54 Å². The molecule has 6 heteroatoms. The maximum atomic E-state index is 11.6. The SMILES string of the molecule is CSc1ccc([C@@H](O)CNC(=O)NCc2cccs2)cc1. The first-order chi connectivity index (χ1) is 10.2. The second-order valence-electron chi connectivity index (χ2n) is 4.43. The van der Waals surface area contributed by atoms with Gasteiger partial charge in [-0.05, 0) is 35.4 Å². The number of hydrogen-bond donors (Lipinski definition) is 3. The second kappa shape index (κ2) is 8.07. The highest BCUT2D eigenvalue weighted by Gasteiger charge is 2.09. The third-order valence-electron chi connectivity index (χ3n) is 2.96. The Morgan fingerprint density at radius 1 is 1.29 bits per heavy atom. The largest absolute Gasteiger partial charge is 0.387 e. The van der Waals surface area contributed by atoms with E-state index < -0.39 is 6.10 Å². The molecule has 21 heavy (non-hydrogen) atoms. The zero-order chi connectivity index (χ0) is 15.1. The molecule has 1 heterocycles. The molecule has 0 aliphatic heterocycles. The van der Waals surface area contributed by atoms with Crippen molar-refractivity contribution in [3.8, 4) is 0 Å². The summed E-state index contributed by atoms with van der Waals surface area (Å²) in [6, 6.07) is 11.3. The minimum absolute atomic E-state index is 0.189. The van der Waals surface area contributed by atoms with Crippen molar-refractivity contribution in [3.63, 3.8) is 0 Å². The fraction of sp³-hybridized carbons (Fsp3) is 0.267. The first-order valence-electron chi connectivity index (χ1n) is 6.55. The summed E-state index contributed by atoms with van der Waals surface area (Å²) in [7, 11) is 0. The van der Waals surface area contributed by atoms with Crippen molar-refractivity contribution in [3.05, 3.63) is 52.2 Å². The standard InChI is InChI=1S/C15H18N2O2S2/c1-20-12-6-4-11(5-7-12)14(18)10-17-15(19)16-9-13-3-2-8-21-13/h2-8,14,18H,9-10H2,1H3,(H2,16,17,19)/t14-/m0/s1. The number of benzene rings is 1. The zero-order valence-corrected chi connectivity index (χ0v) is 13.3. The van der Waals surface area contributed by atoms with Gasteiger partial charge in [0.15, 0.2) is 0 Å². The van der Waals surface area contributed by atoms with E-state index in [1.807, 2.05) is 48.0 Å². The lowest BCUT2D eigenvalue weighted by Crippen LogP contribution is -2.37. The van der Waals surface area contributed by atoms with Crippen LogP contribution in [0.3, 0.4) is 0 Å². The van der Waals surface area contributed by atoms with Crippen LogP contribution >= 0.6 is 23.1 Å². The highest BCUT2D eigenvalue weighted by Crippen LogP contribution is 2.18. The molecule has 1 aromatic carbocycles. The van der Waals surface area contributed by atoms with Crippen molar-refractivity contribution >= 4 is 29.1 Å². The first-order valence-corrected chi connectivity index (χ1v) is 8.65. The lowest BCUT2D eigenvalue weighted by atomic mass is 10.1. The molecule has 0 saturated carbocycles. The van der Waals surface area contributed by atoms with Gasteiger partial charge in [-0.15, -0.1) is 23.1 Å². The molecule has 0 unspecified atom stereocenters. The molecule has 0 spiro atoms. The Morgan fingerprint density at radius 3 is 2.67 bits per heavy atom. The van der Waals surface area contributed by atoms with Gasteiger partial charge in [-0.1, -0.05) is 18.2 Å². The zero-order valence-electron chi connectivity index (χ0n) is 11.7. The number of nitrogens with one attached hydrogen (secondary N) is 2. The maximum Gasteiger partial charge on any atom is 0.315 e. The number of hydrogen-bond acceptors (Lipinski definition) is 4. The molecular formula is C15H18N2O2S2. The van der Waals surface area contributed by atoms with Gasteiger partial charge in [0, 0.05) is 16.3 Å². The first kappa shape index (κ1) is 15.9. The van der Waals surface area contributed by atoms with Gasteiger partial charge in [0.25, 0.3) is 0 Å². The van der Waals surface area contributed by atoms with Gasteiger partial charge < -0.3 is 15.7 Å². The quantitative estimate of drug-likeness (QED) is 0.717. The van der Waals surface area contributed by atoms with Crippen molar-refractivity contribution < 1.29 is 9.90 Å². The van der Waals surface area contributed by atoms with Crippen LogP contribution in [0.5, 0.6) is 0 Å². The van der Waals surface area contributed by atoms with Crippen LogP contribution in [0.1, 0.15) is 16.5 Å². The number of thioether (sulfide) groups is 1. The van der Waals surface area contributed by atoms with Crippen LogP contribution < -0.4 is 10.6 Å². The van der Waals surface area contributed by atoms with E-state index >= 15 is 0 Å². The third kappa shape index (κ3) is 5.08. The molecule has 4 nitrogen and oxygen atoms in total. The highest BCUT2D eigenvalue weighted by atomic mass is 32.2. The smallest absolute Gasteiger partial charge is 0.315 e. The van der Waals surface area contributed by atoms with Crippen LogP contribution in [-0.2, 0) is 6.54 Å². The van der Waals surface area contributed by atoms with Crippen LogP contribution in [0.25, 0.3) is 0 Å². The maximum absolute atomic E-state index is 11.6. The summed E-state index contributed by atoms with van der Waals surface area (Å²) < 4.78 is 0. The molecule has 1 atom stereocenters. The number of carbonyl (C=O) groups is 1. The van der Waals surface area contributed by atoms with Crippen molar-refractivity contribution in [2.75, 3.05) is 12.8 Å². The fourth-order valence-corrected chi connectivity index (χ4v) is 2.83. The van der Waals surface area contributed by atoms with Gasteiger partial charge >= 0.3 is 6.03 Å². The molecule has 3 N–H and O–H groups in total. The van der Waals surface area contributed by atoms with Crippen molar-refractivity contribution in [2.24, 2.45) is 0 Å². The number of aliphatic hydroxyl groups is 1. The third-order valence-corrected chi connectivity index (χ3v) is 4.58. The Bertz CT molecular complexity index is 556. The van der Waals surface area contributed by atoms with E-state index in [0.717, 1.165) is 15.3 Å². The molecule has 2 aromatic rings. The van der Waals surface area contributed by atoms with Gasteiger partial charge in [-0.3, -0.25) is 0 Å². The van der Waals surface area contributed by atoms with E-state index in [-0.39, 0.29) is 12.6 Å².